The minimum atomic E-state index is -0.475. The van der Waals surface area contributed by atoms with Crippen molar-refractivity contribution in [1.29, 1.82) is 0 Å². The van der Waals surface area contributed by atoms with Crippen molar-refractivity contribution in [3.8, 4) is 0 Å². The quantitative estimate of drug-likeness (QED) is 0.556. The minimum Gasteiger partial charge on any atom is -0.454 e. The number of nitrogens with zero attached hydrogens (tertiary/aromatic N) is 1. The van der Waals surface area contributed by atoms with Crippen LogP contribution in [0.3, 0.4) is 0 Å². The molecule has 1 aromatic carbocycles. The highest BCUT2D eigenvalue weighted by atomic mass is 16.5. The number of aromatic nitrogens is 1. The Balaban J connectivity index is 2.11. The highest BCUT2D eigenvalue weighted by Crippen LogP contribution is 2.21. The summed E-state index contributed by atoms with van der Waals surface area (Å²) in [5, 5.41) is 0. The second-order valence-corrected chi connectivity index (χ2v) is 6.78. The molecule has 5 heteroatoms. The number of hydrogen-bond donors (Lipinski definition) is 0. The van der Waals surface area contributed by atoms with Gasteiger partial charge >= 0.3 is 5.97 Å². The van der Waals surface area contributed by atoms with Crippen LogP contribution in [-0.4, -0.2) is 36.6 Å². The maximum Gasteiger partial charge on any atom is 0.338 e. The van der Waals surface area contributed by atoms with E-state index in [1.54, 1.807) is 13.2 Å². The largest absolute Gasteiger partial charge is 0.454 e. The van der Waals surface area contributed by atoms with E-state index >= 15 is 0 Å². The Bertz CT molecular complexity index is 820. The molecule has 1 atom stereocenters. The third-order valence-electron chi connectivity index (χ3n) is 4.57. The molecule has 0 aliphatic carbocycles. The van der Waals surface area contributed by atoms with E-state index in [1.165, 1.54) is 0 Å². The maximum atomic E-state index is 12.6. The molecule has 0 unspecified atom stereocenters. The van der Waals surface area contributed by atoms with E-state index in [9.17, 15) is 9.59 Å². The lowest BCUT2D eigenvalue weighted by Crippen LogP contribution is -2.17. The molecule has 1 aromatic heterocycles. The number of benzene rings is 1. The van der Waals surface area contributed by atoms with Gasteiger partial charge in [0.15, 0.2) is 6.61 Å². The molecular weight excluding hydrogens is 330 g/mol. The number of methoxy groups -OCH3 is 1. The van der Waals surface area contributed by atoms with E-state index in [4.69, 9.17) is 9.47 Å². The number of carbonyl (C=O) groups is 2. The van der Waals surface area contributed by atoms with Gasteiger partial charge in [0, 0.05) is 24.1 Å². The van der Waals surface area contributed by atoms with Crippen LogP contribution >= 0.6 is 0 Å². The van der Waals surface area contributed by atoms with Crippen LogP contribution in [0.5, 0.6) is 0 Å². The van der Waals surface area contributed by atoms with Crippen molar-refractivity contribution in [2.45, 2.75) is 40.7 Å². The molecule has 0 fully saturated rings. The van der Waals surface area contributed by atoms with Crippen LogP contribution in [0.25, 0.3) is 0 Å². The molecule has 0 amide bonds. The van der Waals surface area contributed by atoms with Gasteiger partial charge in [0.05, 0.1) is 18.2 Å². The lowest BCUT2D eigenvalue weighted by atomic mass is 10.1. The molecule has 0 aliphatic heterocycles. The predicted molar refractivity (Wildman–Crippen MR) is 101 cm³/mol. The SMILES string of the molecule is COC[C@@H](C)n1c(C)cc(C(=O)COC(=O)c2ccc(C)cc2C)c1C. The minimum absolute atomic E-state index is 0.124. The molecule has 0 bridgehead atoms. The van der Waals surface area contributed by atoms with Crippen molar-refractivity contribution < 1.29 is 19.1 Å². The standard InChI is InChI=1S/C21H27NO4/c1-13-7-8-18(14(2)9-13)21(24)26-12-20(23)19-10-15(3)22(17(19)5)16(4)11-25-6/h7-10,16H,11-12H2,1-6H3/t16-/m1/s1. The number of Topliss-reactive ketones (excluding diaryl/α,β-unsaturated/α-hetero) is 1. The molecule has 0 saturated heterocycles. The summed E-state index contributed by atoms with van der Waals surface area (Å²) in [5.41, 5.74) is 4.83. The van der Waals surface area contributed by atoms with Crippen LogP contribution in [-0.2, 0) is 9.47 Å². The average Bonchev–Trinajstić information content (AvgIpc) is 2.87. The summed E-state index contributed by atoms with van der Waals surface area (Å²) in [6.45, 7) is 10.0. The van der Waals surface area contributed by atoms with Gasteiger partial charge in [-0.3, -0.25) is 4.79 Å². The predicted octanol–water partition coefficient (Wildman–Crippen LogP) is 3.97. The summed E-state index contributed by atoms with van der Waals surface area (Å²) >= 11 is 0. The zero-order valence-corrected chi connectivity index (χ0v) is 16.4. The second kappa shape index (κ2) is 8.32. The van der Waals surface area contributed by atoms with E-state index < -0.39 is 5.97 Å². The topological polar surface area (TPSA) is 57.5 Å². The van der Waals surface area contributed by atoms with Gasteiger partial charge in [0.2, 0.25) is 5.78 Å². The summed E-state index contributed by atoms with van der Waals surface area (Å²) in [6, 6.07) is 7.48. The third kappa shape index (κ3) is 4.22. The van der Waals surface area contributed by atoms with E-state index in [0.29, 0.717) is 17.7 Å². The van der Waals surface area contributed by atoms with Gasteiger partial charge in [-0.25, -0.2) is 4.79 Å². The van der Waals surface area contributed by atoms with Crippen LogP contribution in [0.15, 0.2) is 24.3 Å². The van der Waals surface area contributed by atoms with Crippen molar-refractivity contribution in [2.24, 2.45) is 0 Å². The number of aryl methyl sites for hydroxylation is 3. The Morgan fingerprint density at radius 1 is 1.08 bits per heavy atom. The van der Waals surface area contributed by atoms with Gasteiger partial charge < -0.3 is 14.0 Å². The first kappa shape index (κ1) is 19.9. The van der Waals surface area contributed by atoms with E-state index in [0.717, 1.165) is 22.5 Å². The van der Waals surface area contributed by atoms with Crippen LogP contribution in [0, 0.1) is 27.7 Å². The molecule has 0 spiro atoms. The van der Waals surface area contributed by atoms with Gasteiger partial charge in [0.1, 0.15) is 0 Å². The van der Waals surface area contributed by atoms with Crippen molar-refractivity contribution in [1.82, 2.24) is 4.57 Å². The fourth-order valence-corrected chi connectivity index (χ4v) is 3.38. The average molecular weight is 357 g/mol. The van der Waals surface area contributed by atoms with Gasteiger partial charge in [0.25, 0.3) is 0 Å². The zero-order valence-electron chi connectivity index (χ0n) is 16.4. The Morgan fingerprint density at radius 3 is 2.38 bits per heavy atom. The fraction of sp³-hybridized carbons (Fsp3) is 0.429. The zero-order chi connectivity index (χ0) is 19.4. The molecule has 1 heterocycles. The normalized spacial score (nSPS) is 12.1. The highest BCUT2D eigenvalue weighted by molar-refractivity contribution is 6.00. The smallest absolute Gasteiger partial charge is 0.338 e. The molecule has 26 heavy (non-hydrogen) atoms. The summed E-state index contributed by atoms with van der Waals surface area (Å²) in [7, 11) is 1.66. The highest BCUT2D eigenvalue weighted by Gasteiger charge is 2.20. The number of esters is 1. The van der Waals surface area contributed by atoms with Crippen molar-refractivity contribution >= 4 is 11.8 Å². The van der Waals surface area contributed by atoms with Gasteiger partial charge in [-0.2, -0.15) is 0 Å². The Morgan fingerprint density at radius 2 is 1.77 bits per heavy atom. The fourth-order valence-electron chi connectivity index (χ4n) is 3.38. The number of ketones is 1. The first-order valence-corrected chi connectivity index (χ1v) is 8.71. The molecule has 2 aromatic rings. The molecule has 0 radical (unpaired) electrons. The van der Waals surface area contributed by atoms with Gasteiger partial charge in [-0.1, -0.05) is 17.7 Å². The third-order valence-corrected chi connectivity index (χ3v) is 4.57. The Labute approximate surface area is 154 Å². The van der Waals surface area contributed by atoms with Gasteiger partial charge in [-0.05, 0) is 52.3 Å². The van der Waals surface area contributed by atoms with Crippen molar-refractivity contribution in [3.05, 3.63) is 57.9 Å². The van der Waals surface area contributed by atoms with E-state index in [1.807, 2.05) is 52.8 Å². The monoisotopic (exact) mass is 357 g/mol. The summed E-state index contributed by atoms with van der Waals surface area (Å²) in [4.78, 5) is 24.8. The number of carbonyl (C=O) groups excluding carboxylic acids is 2. The van der Waals surface area contributed by atoms with Crippen LogP contribution in [0.1, 0.15) is 56.2 Å². The van der Waals surface area contributed by atoms with Crippen LogP contribution in [0.2, 0.25) is 0 Å². The van der Waals surface area contributed by atoms with Crippen LogP contribution < -0.4 is 0 Å². The molecule has 140 valence electrons. The lowest BCUT2D eigenvalue weighted by molar-refractivity contribution is 0.0473. The first-order chi connectivity index (χ1) is 12.3. The van der Waals surface area contributed by atoms with Gasteiger partial charge in [-0.15, -0.1) is 0 Å². The molecule has 0 saturated carbocycles. The Kier molecular flexibility index (Phi) is 6.37. The Hall–Kier alpha value is -2.40. The molecular formula is C21H27NO4. The van der Waals surface area contributed by atoms with E-state index in [2.05, 4.69) is 4.57 Å². The summed E-state index contributed by atoms with van der Waals surface area (Å²) < 4.78 is 12.5. The number of ether oxygens (including phenoxy) is 2. The lowest BCUT2D eigenvalue weighted by Gasteiger charge is -2.17. The number of rotatable bonds is 7. The summed E-state index contributed by atoms with van der Waals surface area (Å²) in [5.74, 6) is -0.676. The summed E-state index contributed by atoms with van der Waals surface area (Å²) in [6.07, 6.45) is 0. The van der Waals surface area contributed by atoms with Crippen molar-refractivity contribution in [2.75, 3.05) is 20.3 Å². The molecule has 2 rings (SSSR count). The maximum absolute atomic E-state index is 12.6. The van der Waals surface area contributed by atoms with Crippen molar-refractivity contribution in [3.63, 3.8) is 0 Å². The molecule has 0 aliphatic rings. The molecule has 0 N–H and O–H groups in total. The van der Waals surface area contributed by atoms with E-state index in [-0.39, 0.29) is 18.4 Å². The van der Waals surface area contributed by atoms with Crippen LogP contribution in [0.4, 0.5) is 0 Å². The second-order valence-electron chi connectivity index (χ2n) is 6.78. The molecule has 5 nitrogen and oxygen atoms in total. The number of hydrogen-bond acceptors (Lipinski definition) is 4. The first-order valence-electron chi connectivity index (χ1n) is 8.71.